The van der Waals surface area contributed by atoms with E-state index in [0.717, 1.165) is 25.9 Å². The summed E-state index contributed by atoms with van der Waals surface area (Å²) in [6.45, 7) is 12.0. The van der Waals surface area contributed by atoms with Crippen molar-refractivity contribution in [3.63, 3.8) is 0 Å². The highest BCUT2D eigenvalue weighted by Crippen LogP contribution is 2.25. The van der Waals surface area contributed by atoms with Crippen molar-refractivity contribution in [2.75, 3.05) is 19.8 Å². The molecule has 2 N–H and O–H groups in total. The van der Waals surface area contributed by atoms with E-state index in [9.17, 15) is 9.90 Å². The number of hydrogen-bond donors (Lipinski definition) is 2. The van der Waals surface area contributed by atoms with Gasteiger partial charge < -0.3 is 19.9 Å². The van der Waals surface area contributed by atoms with E-state index in [-0.39, 0.29) is 11.4 Å². The van der Waals surface area contributed by atoms with Crippen LogP contribution in [0, 0.1) is 5.92 Å². The van der Waals surface area contributed by atoms with Crippen molar-refractivity contribution in [3.8, 4) is 0 Å². The second-order valence-electron chi connectivity index (χ2n) is 6.25. The summed E-state index contributed by atoms with van der Waals surface area (Å²) in [7, 11) is 0. The minimum Gasteiger partial charge on any atom is -0.493 e. The van der Waals surface area contributed by atoms with Crippen molar-refractivity contribution in [1.82, 2.24) is 5.32 Å². The van der Waals surface area contributed by atoms with E-state index in [4.69, 9.17) is 9.47 Å². The fraction of sp³-hybridized carbons (Fsp3) is 0.824. The van der Waals surface area contributed by atoms with Gasteiger partial charge >= 0.3 is 0 Å². The molecule has 0 saturated heterocycles. The van der Waals surface area contributed by atoms with Crippen molar-refractivity contribution < 1.29 is 19.4 Å². The van der Waals surface area contributed by atoms with E-state index in [0.29, 0.717) is 30.5 Å². The van der Waals surface area contributed by atoms with Crippen molar-refractivity contribution in [2.45, 2.75) is 65.6 Å². The Morgan fingerprint density at radius 2 is 2.05 bits per heavy atom. The molecule has 1 aliphatic carbocycles. The van der Waals surface area contributed by atoms with Crippen LogP contribution in [-0.4, -0.2) is 42.4 Å². The maximum absolute atomic E-state index is 11.7. The van der Waals surface area contributed by atoms with Crippen LogP contribution >= 0.6 is 0 Å². The van der Waals surface area contributed by atoms with E-state index >= 15 is 0 Å². The standard InChI is InChI=1S/C17H31NO4/c1-6-12(4)9-10-22-17(5,7-2)11-18-13-14(19)15(20)16(13)21-8-3/h12,15,18,20H,6-11H2,1-5H3. The Kier molecular flexibility index (Phi) is 7.36. The van der Waals surface area contributed by atoms with Crippen LogP contribution in [0.2, 0.25) is 0 Å². The molecule has 5 nitrogen and oxygen atoms in total. The van der Waals surface area contributed by atoms with Crippen LogP contribution in [0.15, 0.2) is 11.5 Å². The highest BCUT2D eigenvalue weighted by molar-refractivity contribution is 6.07. The van der Waals surface area contributed by atoms with Gasteiger partial charge in [0.1, 0.15) is 5.70 Å². The molecule has 0 amide bonds. The minimum absolute atomic E-state index is 0.304. The van der Waals surface area contributed by atoms with Crippen molar-refractivity contribution >= 4 is 5.78 Å². The van der Waals surface area contributed by atoms with Gasteiger partial charge in [0.25, 0.3) is 0 Å². The van der Waals surface area contributed by atoms with Crippen molar-refractivity contribution in [2.24, 2.45) is 5.92 Å². The second kappa shape index (κ2) is 8.53. The molecule has 0 saturated carbocycles. The van der Waals surface area contributed by atoms with E-state index in [2.05, 4.69) is 26.1 Å². The fourth-order valence-electron chi connectivity index (χ4n) is 2.18. The van der Waals surface area contributed by atoms with Gasteiger partial charge in [-0.15, -0.1) is 0 Å². The highest BCUT2D eigenvalue weighted by atomic mass is 16.5. The second-order valence-corrected chi connectivity index (χ2v) is 6.25. The summed E-state index contributed by atoms with van der Waals surface area (Å²) in [5, 5.41) is 12.7. The van der Waals surface area contributed by atoms with E-state index in [1.807, 2.05) is 13.8 Å². The van der Waals surface area contributed by atoms with Gasteiger partial charge in [0.2, 0.25) is 5.78 Å². The third-order valence-corrected chi connectivity index (χ3v) is 4.43. The largest absolute Gasteiger partial charge is 0.493 e. The molecule has 3 unspecified atom stereocenters. The molecule has 0 radical (unpaired) electrons. The zero-order valence-electron chi connectivity index (χ0n) is 14.6. The smallest absolute Gasteiger partial charge is 0.218 e. The van der Waals surface area contributed by atoms with Crippen molar-refractivity contribution in [3.05, 3.63) is 11.5 Å². The first-order valence-corrected chi connectivity index (χ1v) is 8.35. The summed E-state index contributed by atoms with van der Waals surface area (Å²) in [6.07, 6.45) is 1.92. The third-order valence-electron chi connectivity index (χ3n) is 4.43. The van der Waals surface area contributed by atoms with E-state index in [1.165, 1.54) is 0 Å². The first-order valence-electron chi connectivity index (χ1n) is 8.35. The Hall–Kier alpha value is -1.07. The Labute approximate surface area is 134 Å². The van der Waals surface area contributed by atoms with Crippen LogP contribution in [0.4, 0.5) is 0 Å². The Morgan fingerprint density at radius 3 is 2.59 bits per heavy atom. The summed E-state index contributed by atoms with van der Waals surface area (Å²) in [4.78, 5) is 11.7. The normalized spacial score (nSPS) is 22.1. The van der Waals surface area contributed by atoms with Gasteiger partial charge in [0, 0.05) is 13.2 Å². The van der Waals surface area contributed by atoms with Gasteiger partial charge in [0.05, 0.1) is 12.2 Å². The topological polar surface area (TPSA) is 67.8 Å². The highest BCUT2D eigenvalue weighted by Gasteiger charge is 2.40. The number of ether oxygens (including phenoxy) is 2. The van der Waals surface area contributed by atoms with Gasteiger partial charge in [-0.1, -0.05) is 27.2 Å². The Balaban J connectivity index is 2.53. The molecule has 128 valence electrons. The van der Waals surface area contributed by atoms with Crippen LogP contribution in [0.1, 0.15) is 53.9 Å². The van der Waals surface area contributed by atoms with Crippen molar-refractivity contribution in [1.29, 1.82) is 0 Å². The van der Waals surface area contributed by atoms with Crippen LogP contribution in [0.5, 0.6) is 0 Å². The number of aliphatic hydroxyl groups is 1. The number of nitrogens with one attached hydrogen (secondary N) is 1. The molecule has 1 rings (SSSR count). The first kappa shape index (κ1) is 19.0. The molecule has 22 heavy (non-hydrogen) atoms. The minimum atomic E-state index is -1.11. The molecule has 5 heteroatoms. The van der Waals surface area contributed by atoms with Gasteiger partial charge in [-0.3, -0.25) is 4.79 Å². The molecule has 3 atom stereocenters. The molecule has 0 bridgehead atoms. The molecule has 1 aliphatic rings. The first-order chi connectivity index (χ1) is 10.4. The lowest BCUT2D eigenvalue weighted by Crippen LogP contribution is -2.48. The molecule has 0 aromatic rings. The molecular weight excluding hydrogens is 282 g/mol. The molecular formula is C17H31NO4. The zero-order chi connectivity index (χ0) is 16.8. The Bertz CT molecular complexity index is 407. The molecule has 0 aromatic heterocycles. The number of carbonyl (C=O) groups excluding carboxylic acids is 1. The quantitative estimate of drug-likeness (QED) is 0.613. The number of carbonyl (C=O) groups is 1. The predicted octanol–water partition coefficient (Wildman–Crippen LogP) is 2.39. The number of hydrogen-bond acceptors (Lipinski definition) is 5. The lowest BCUT2D eigenvalue weighted by atomic mass is 9.95. The third kappa shape index (κ3) is 4.71. The Morgan fingerprint density at radius 1 is 1.36 bits per heavy atom. The maximum Gasteiger partial charge on any atom is 0.218 e. The summed E-state index contributed by atoms with van der Waals surface area (Å²) >= 11 is 0. The van der Waals surface area contributed by atoms with E-state index < -0.39 is 6.10 Å². The lowest BCUT2D eigenvalue weighted by Gasteiger charge is -2.33. The van der Waals surface area contributed by atoms with Gasteiger partial charge in [-0.25, -0.2) is 0 Å². The average Bonchev–Trinajstić information content (AvgIpc) is 2.53. The number of ketones is 1. The number of aliphatic hydroxyl groups excluding tert-OH is 1. The summed E-state index contributed by atoms with van der Waals surface area (Å²) in [5.74, 6) is 0.705. The van der Waals surface area contributed by atoms with Gasteiger partial charge in [0.15, 0.2) is 11.9 Å². The summed E-state index contributed by atoms with van der Waals surface area (Å²) < 4.78 is 11.3. The molecule has 0 fully saturated rings. The summed E-state index contributed by atoms with van der Waals surface area (Å²) in [6, 6.07) is 0. The van der Waals surface area contributed by atoms with Crippen LogP contribution in [0.3, 0.4) is 0 Å². The van der Waals surface area contributed by atoms with Crippen LogP contribution in [-0.2, 0) is 14.3 Å². The molecule has 0 aliphatic heterocycles. The molecule has 0 heterocycles. The maximum atomic E-state index is 11.7. The zero-order valence-corrected chi connectivity index (χ0v) is 14.6. The molecule has 0 aromatic carbocycles. The average molecular weight is 313 g/mol. The van der Waals surface area contributed by atoms with Crippen LogP contribution < -0.4 is 5.32 Å². The fourth-order valence-corrected chi connectivity index (χ4v) is 2.18. The van der Waals surface area contributed by atoms with Gasteiger partial charge in [-0.05, 0) is 32.6 Å². The van der Waals surface area contributed by atoms with Crippen LogP contribution in [0.25, 0.3) is 0 Å². The lowest BCUT2D eigenvalue weighted by molar-refractivity contribution is -0.128. The predicted molar refractivity (Wildman–Crippen MR) is 86.4 cm³/mol. The van der Waals surface area contributed by atoms with E-state index in [1.54, 1.807) is 0 Å². The monoisotopic (exact) mass is 313 g/mol. The SMILES string of the molecule is CCOC1=C(NCC(C)(CC)OCCC(C)CC)C(=O)C1O. The summed E-state index contributed by atoms with van der Waals surface area (Å²) in [5.41, 5.74) is 0.0538. The number of Topliss-reactive ketones (excluding diaryl/α,β-unsaturated/α-hetero) is 1. The van der Waals surface area contributed by atoms with Gasteiger partial charge in [-0.2, -0.15) is 0 Å². The molecule has 0 spiro atoms. The number of rotatable bonds is 11.